The predicted molar refractivity (Wildman–Crippen MR) is 135 cm³/mol. The number of rotatable bonds is 7. The second-order valence-electron chi connectivity index (χ2n) is 8.99. The van der Waals surface area contributed by atoms with Crippen LogP contribution in [0.3, 0.4) is 0 Å². The summed E-state index contributed by atoms with van der Waals surface area (Å²) in [6.45, 7) is 9.36. The zero-order valence-corrected chi connectivity index (χ0v) is 21.8. The van der Waals surface area contributed by atoms with Gasteiger partial charge in [-0.1, -0.05) is 6.42 Å². The molecule has 170 valence electrons. The van der Waals surface area contributed by atoms with Crippen LogP contribution in [0.15, 0.2) is 10.4 Å². The number of ether oxygens (including phenoxy) is 1. The van der Waals surface area contributed by atoms with Crippen LogP contribution in [0.4, 0.5) is 0 Å². The number of aliphatic imine (C=N–C) groups is 1. The Morgan fingerprint density at radius 2 is 2.13 bits per heavy atom. The smallest absolute Gasteiger partial charge is 0.191 e. The third kappa shape index (κ3) is 5.30. The summed E-state index contributed by atoms with van der Waals surface area (Å²) in [5.41, 5.74) is 1.59. The van der Waals surface area contributed by atoms with E-state index in [4.69, 9.17) is 4.74 Å². The van der Waals surface area contributed by atoms with Gasteiger partial charge in [-0.15, -0.1) is 35.3 Å². The average molecular weight is 548 g/mol. The molecule has 3 fully saturated rings. The minimum atomic E-state index is 0. The predicted octanol–water partition coefficient (Wildman–Crippen LogP) is 3.79. The van der Waals surface area contributed by atoms with Crippen molar-refractivity contribution < 1.29 is 4.74 Å². The minimum absolute atomic E-state index is 0. The monoisotopic (exact) mass is 547 g/mol. The van der Waals surface area contributed by atoms with Crippen LogP contribution in [-0.2, 0) is 11.3 Å². The Morgan fingerprint density at radius 1 is 1.37 bits per heavy atom. The van der Waals surface area contributed by atoms with Crippen molar-refractivity contribution in [3.63, 3.8) is 0 Å². The third-order valence-electron chi connectivity index (χ3n) is 7.29. The molecule has 0 aromatic carbocycles. The number of nitrogens with one attached hydrogen (secondary N) is 2. The number of guanidine groups is 1. The summed E-state index contributed by atoms with van der Waals surface area (Å²) in [7, 11) is 1.89. The molecule has 2 heterocycles. The number of aryl methyl sites for hydroxylation is 1. The molecule has 1 aliphatic heterocycles. The van der Waals surface area contributed by atoms with Crippen molar-refractivity contribution in [2.24, 2.45) is 16.3 Å². The van der Waals surface area contributed by atoms with Gasteiger partial charge in [-0.05, 0) is 65.0 Å². The molecule has 0 bridgehead atoms. The Bertz CT molecular complexity index is 699. The van der Waals surface area contributed by atoms with Gasteiger partial charge in [-0.25, -0.2) is 4.98 Å². The van der Waals surface area contributed by atoms with Crippen molar-refractivity contribution in [3.8, 4) is 0 Å². The maximum absolute atomic E-state index is 5.98. The highest BCUT2D eigenvalue weighted by Gasteiger charge is 2.59. The van der Waals surface area contributed by atoms with E-state index in [2.05, 4.69) is 44.7 Å². The molecule has 3 aliphatic rings. The number of hydrogen-bond donors (Lipinski definition) is 2. The average Bonchev–Trinajstić information content (AvgIpc) is 3.08. The molecule has 2 saturated carbocycles. The molecule has 0 amide bonds. The standard InChI is InChI=1S/C22H37N5OS.HI/c1-4-28-20-12-19(22(20)8-5-9-22)26-21(23-3)24-13-17-6-10-27(11-7-17)14-18-15-29-16(2)25-18;/h15,17,19-20H,4-14H2,1-3H3,(H2,23,24,26);1H. The van der Waals surface area contributed by atoms with E-state index in [-0.39, 0.29) is 24.0 Å². The molecule has 6 nitrogen and oxygen atoms in total. The molecular formula is C22H38IN5OS. The van der Waals surface area contributed by atoms with Crippen LogP contribution in [0.5, 0.6) is 0 Å². The van der Waals surface area contributed by atoms with Crippen molar-refractivity contribution in [1.29, 1.82) is 0 Å². The van der Waals surface area contributed by atoms with Gasteiger partial charge in [0.15, 0.2) is 5.96 Å². The molecule has 30 heavy (non-hydrogen) atoms. The first-order chi connectivity index (χ1) is 14.1. The van der Waals surface area contributed by atoms with Crippen LogP contribution in [-0.4, -0.2) is 61.3 Å². The highest BCUT2D eigenvalue weighted by atomic mass is 127. The molecule has 0 radical (unpaired) electrons. The van der Waals surface area contributed by atoms with Gasteiger partial charge in [0, 0.05) is 43.6 Å². The lowest BCUT2D eigenvalue weighted by Crippen LogP contribution is -2.68. The zero-order chi connectivity index (χ0) is 20.3. The maximum atomic E-state index is 5.98. The van der Waals surface area contributed by atoms with Crippen LogP contribution in [0.25, 0.3) is 0 Å². The van der Waals surface area contributed by atoms with E-state index >= 15 is 0 Å². The third-order valence-corrected chi connectivity index (χ3v) is 8.11. The van der Waals surface area contributed by atoms with Gasteiger partial charge in [0.1, 0.15) is 0 Å². The minimum Gasteiger partial charge on any atom is -0.378 e. The normalized spacial score (nSPS) is 26.6. The van der Waals surface area contributed by atoms with Crippen molar-refractivity contribution in [3.05, 3.63) is 16.1 Å². The van der Waals surface area contributed by atoms with E-state index < -0.39 is 0 Å². The number of likely N-dealkylation sites (tertiary alicyclic amines) is 1. The molecule has 1 saturated heterocycles. The Kier molecular flexibility index (Phi) is 8.81. The Labute approximate surface area is 202 Å². The highest BCUT2D eigenvalue weighted by Crippen LogP contribution is 2.57. The maximum Gasteiger partial charge on any atom is 0.191 e. The molecule has 2 atom stereocenters. The van der Waals surface area contributed by atoms with Gasteiger partial charge in [-0.3, -0.25) is 9.89 Å². The summed E-state index contributed by atoms with van der Waals surface area (Å²) in [4.78, 5) is 11.6. The number of thiazole rings is 1. The molecule has 2 N–H and O–H groups in total. The summed E-state index contributed by atoms with van der Waals surface area (Å²) >= 11 is 1.75. The first kappa shape index (κ1) is 24.2. The van der Waals surface area contributed by atoms with Crippen LogP contribution in [0.1, 0.15) is 56.2 Å². The Hall–Kier alpha value is -0.450. The molecule has 1 spiro atoms. The molecule has 2 unspecified atom stereocenters. The molecule has 8 heteroatoms. The summed E-state index contributed by atoms with van der Waals surface area (Å²) in [5, 5.41) is 10.7. The van der Waals surface area contributed by atoms with Crippen molar-refractivity contribution >= 4 is 41.3 Å². The van der Waals surface area contributed by atoms with Gasteiger partial charge >= 0.3 is 0 Å². The van der Waals surface area contributed by atoms with Crippen LogP contribution in [0, 0.1) is 18.3 Å². The molecule has 4 rings (SSSR count). The summed E-state index contributed by atoms with van der Waals surface area (Å²) < 4.78 is 5.98. The van der Waals surface area contributed by atoms with Crippen molar-refractivity contribution in [2.75, 3.05) is 33.3 Å². The number of nitrogens with zero attached hydrogens (tertiary/aromatic N) is 3. The number of halogens is 1. The van der Waals surface area contributed by atoms with Crippen molar-refractivity contribution in [1.82, 2.24) is 20.5 Å². The van der Waals surface area contributed by atoms with Crippen LogP contribution in [0.2, 0.25) is 0 Å². The van der Waals surface area contributed by atoms with Crippen molar-refractivity contribution in [2.45, 2.75) is 71.1 Å². The SMILES string of the molecule is CCOC1CC(NC(=NC)NCC2CCN(Cc3csc(C)n3)CC2)C12CCC2.I. The lowest BCUT2D eigenvalue weighted by Gasteiger charge is -2.61. The summed E-state index contributed by atoms with van der Waals surface area (Å²) in [6, 6.07) is 0.516. The van der Waals surface area contributed by atoms with Gasteiger partial charge in [-0.2, -0.15) is 0 Å². The van der Waals surface area contributed by atoms with Crippen LogP contribution < -0.4 is 10.6 Å². The Morgan fingerprint density at radius 3 is 2.70 bits per heavy atom. The molecule has 1 aromatic rings. The number of aromatic nitrogens is 1. The fraction of sp³-hybridized carbons (Fsp3) is 0.818. The van der Waals surface area contributed by atoms with Gasteiger partial charge in [0.05, 0.1) is 16.8 Å². The molecule has 1 aromatic heterocycles. The van der Waals surface area contributed by atoms with Gasteiger partial charge < -0.3 is 15.4 Å². The van der Waals surface area contributed by atoms with Gasteiger partial charge in [0.2, 0.25) is 0 Å². The largest absolute Gasteiger partial charge is 0.378 e. The second-order valence-corrected chi connectivity index (χ2v) is 10.1. The fourth-order valence-electron chi connectivity index (χ4n) is 5.30. The Balaban J connectivity index is 0.00000256. The van der Waals surface area contributed by atoms with E-state index in [1.807, 2.05) is 7.05 Å². The van der Waals surface area contributed by atoms with E-state index in [9.17, 15) is 0 Å². The summed E-state index contributed by atoms with van der Waals surface area (Å²) in [6.07, 6.45) is 7.98. The van der Waals surface area contributed by atoms with E-state index in [0.717, 1.165) is 51.1 Å². The van der Waals surface area contributed by atoms with Gasteiger partial charge in [0.25, 0.3) is 0 Å². The second kappa shape index (κ2) is 10.9. The number of piperidine rings is 1. The molecular weight excluding hydrogens is 509 g/mol. The quantitative estimate of drug-likeness (QED) is 0.309. The number of hydrogen-bond acceptors (Lipinski definition) is 5. The van der Waals surface area contributed by atoms with E-state index in [1.165, 1.54) is 42.8 Å². The highest BCUT2D eigenvalue weighted by molar-refractivity contribution is 14.0. The first-order valence-electron chi connectivity index (χ1n) is 11.3. The lowest BCUT2D eigenvalue weighted by atomic mass is 9.51. The fourth-order valence-corrected chi connectivity index (χ4v) is 5.90. The first-order valence-corrected chi connectivity index (χ1v) is 12.2. The van der Waals surface area contributed by atoms with Crippen LogP contribution >= 0.6 is 35.3 Å². The van der Waals surface area contributed by atoms with E-state index in [1.54, 1.807) is 11.3 Å². The topological polar surface area (TPSA) is 61.8 Å². The lowest BCUT2D eigenvalue weighted by molar-refractivity contribution is -0.168. The zero-order valence-electron chi connectivity index (χ0n) is 18.7. The molecule has 2 aliphatic carbocycles. The van der Waals surface area contributed by atoms with E-state index in [0.29, 0.717) is 17.6 Å². The summed E-state index contributed by atoms with van der Waals surface area (Å²) in [5.74, 6) is 1.69.